The van der Waals surface area contributed by atoms with Crippen molar-refractivity contribution < 1.29 is 28.1 Å². The van der Waals surface area contributed by atoms with Gasteiger partial charge in [-0.2, -0.15) is 0 Å². The third kappa shape index (κ3) is 3.86. The van der Waals surface area contributed by atoms with E-state index in [9.17, 15) is 18.5 Å². The SMILES string of the molecule is COC(=O)C1=C(C)NC(c2ncccc2F)=NC1c1cc([N+](=O)OC)c(Cl)cc1F. The minimum Gasteiger partial charge on any atom is -0.466 e. The average molecular weight is 438 g/mol. The van der Waals surface area contributed by atoms with Gasteiger partial charge in [-0.15, -0.1) is 0 Å². The van der Waals surface area contributed by atoms with E-state index in [1.54, 1.807) is 0 Å². The Bertz CT molecular complexity index is 1100. The summed E-state index contributed by atoms with van der Waals surface area (Å²) in [7, 11) is 2.27. The first-order valence-corrected chi connectivity index (χ1v) is 8.91. The van der Waals surface area contributed by atoms with E-state index in [4.69, 9.17) is 16.3 Å². The molecule has 0 aliphatic carbocycles. The number of esters is 1. The second-order valence-corrected chi connectivity index (χ2v) is 6.54. The molecule has 30 heavy (non-hydrogen) atoms. The van der Waals surface area contributed by atoms with Crippen LogP contribution in [0.5, 0.6) is 0 Å². The zero-order chi connectivity index (χ0) is 22.0. The molecule has 156 valence electrons. The van der Waals surface area contributed by atoms with Crippen LogP contribution in [0.25, 0.3) is 0 Å². The van der Waals surface area contributed by atoms with Crippen LogP contribution in [0.1, 0.15) is 24.2 Å². The van der Waals surface area contributed by atoms with Crippen molar-refractivity contribution in [3.05, 3.63) is 74.6 Å². The maximum absolute atomic E-state index is 14.9. The van der Waals surface area contributed by atoms with Gasteiger partial charge in [-0.3, -0.25) is 4.99 Å². The van der Waals surface area contributed by atoms with E-state index in [0.29, 0.717) is 0 Å². The van der Waals surface area contributed by atoms with Crippen LogP contribution in [-0.2, 0) is 14.4 Å². The van der Waals surface area contributed by atoms with Crippen LogP contribution in [0, 0.1) is 16.5 Å². The number of benzene rings is 1. The van der Waals surface area contributed by atoms with Gasteiger partial charge in [0.15, 0.2) is 18.8 Å². The predicted molar refractivity (Wildman–Crippen MR) is 103 cm³/mol. The Morgan fingerprint density at radius 2 is 2.00 bits per heavy atom. The van der Waals surface area contributed by atoms with Crippen LogP contribution in [0.2, 0.25) is 5.02 Å². The minimum atomic E-state index is -1.27. The highest BCUT2D eigenvalue weighted by Gasteiger charge is 2.35. The van der Waals surface area contributed by atoms with Crippen LogP contribution in [-0.4, -0.2) is 35.9 Å². The summed E-state index contributed by atoms with van der Waals surface area (Å²) in [5, 5.41) is 2.59. The molecule has 0 bridgehead atoms. The number of amidine groups is 1. The third-order valence-electron chi connectivity index (χ3n) is 4.35. The fraction of sp³-hybridized carbons (Fsp3) is 0.211. The summed E-state index contributed by atoms with van der Waals surface area (Å²) in [5.74, 6) is -2.31. The molecule has 1 atom stereocenters. The number of halogens is 3. The maximum atomic E-state index is 14.9. The molecule has 1 aliphatic heterocycles. The van der Waals surface area contributed by atoms with Crippen LogP contribution in [0.4, 0.5) is 14.5 Å². The number of nitrogens with one attached hydrogen (secondary N) is 1. The largest absolute Gasteiger partial charge is 0.466 e. The molecule has 0 fully saturated rings. The number of carbonyl (C=O) groups excluding carboxylic acids is 1. The molecule has 8 nitrogen and oxygen atoms in total. The Morgan fingerprint density at radius 3 is 2.63 bits per heavy atom. The fourth-order valence-electron chi connectivity index (χ4n) is 2.96. The van der Waals surface area contributed by atoms with Gasteiger partial charge in [0.2, 0.25) is 0 Å². The number of carbonyl (C=O) groups is 1. The van der Waals surface area contributed by atoms with Crippen molar-refractivity contribution in [1.29, 1.82) is 0 Å². The molecule has 3 rings (SSSR count). The quantitative estimate of drug-likeness (QED) is 0.568. The predicted octanol–water partition coefficient (Wildman–Crippen LogP) is 3.52. The van der Waals surface area contributed by atoms with Crippen LogP contribution < -0.4 is 5.32 Å². The molecule has 1 aliphatic rings. The molecule has 2 heterocycles. The summed E-state index contributed by atoms with van der Waals surface area (Å²) in [6.45, 7) is 1.53. The van der Waals surface area contributed by atoms with Gasteiger partial charge in [0, 0.05) is 23.5 Å². The molecular weight excluding hydrogens is 422 g/mol. The zero-order valence-electron chi connectivity index (χ0n) is 16.1. The van der Waals surface area contributed by atoms with Crippen LogP contribution in [0.15, 0.2) is 46.7 Å². The van der Waals surface area contributed by atoms with Gasteiger partial charge in [0.1, 0.15) is 22.6 Å². The van der Waals surface area contributed by atoms with Gasteiger partial charge in [-0.05, 0) is 25.1 Å². The number of methoxy groups -OCH3 is 1. The van der Waals surface area contributed by atoms with Crippen molar-refractivity contribution in [2.45, 2.75) is 13.0 Å². The lowest BCUT2D eigenvalue weighted by Crippen LogP contribution is -2.34. The number of aliphatic imine (C=N–C) groups is 1. The molecule has 1 N–H and O–H groups in total. The normalized spacial score (nSPS) is 15.9. The zero-order valence-corrected chi connectivity index (χ0v) is 16.8. The van der Waals surface area contributed by atoms with Gasteiger partial charge in [0.25, 0.3) is 4.92 Å². The molecular formula is C19H16ClF2N4O4+. The highest BCUT2D eigenvalue weighted by Crippen LogP contribution is 2.38. The summed E-state index contributed by atoms with van der Waals surface area (Å²) in [6, 6.07) is 3.33. The Hall–Kier alpha value is -3.40. The van der Waals surface area contributed by atoms with Gasteiger partial charge >= 0.3 is 11.7 Å². The molecule has 0 radical (unpaired) electrons. The highest BCUT2D eigenvalue weighted by atomic mass is 35.5. The first-order valence-electron chi connectivity index (χ1n) is 8.53. The van der Waals surface area contributed by atoms with E-state index in [0.717, 1.165) is 26.4 Å². The Labute approximate surface area is 174 Å². The first-order chi connectivity index (χ1) is 14.3. The van der Waals surface area contributed by atoms with E-state index in [-0.39, 0.29) is 44.0 Å². The molecule has 1 aromatic carbocycles. The number of aromatic nitrogens is 1. The molecule has 1 aromatic heterocycles. The molecule has 0 saturated carbocycles. The van der Waals surface area contributed by atoms with E-state index < -0.39 is 23.6 Å². The van der Waals surface area contributed by atoms with Crippen molar-refractivity contribution in [2.75, 3.05) is 14.2 Å². The van der Waals surface area contributed by atoms with Gasteiger partial charge in [-0.1, -0.05) is 11.6 Å². The second kappa shape index (κ2) is 8.54. The number of pyridine rings is 1. The molecule has 0 spiro atoms. The van der Waals surface area contributed by atoms with E-state index in [1.165, 1.54) is 25.3 Å². The molecule has 0 amide bonds. The van der Waals surface area contributed by atoms with Crippen LogP contribution >= 0.6 is 11.6 Å². The number of hydrogen-bond donors (Lipinski definition) is 1. The summed E-state index contributed by atoms with van der Waals surface area (Å²) in [4.78, 5) is 37.2. The molecule has 1 unspecified atom stereocenters. The lowest BCUT2D eigenvalue weighted by atomic mass is 9.95. The topological polar surface area (TPSA) is 92.9 Å². The lowest BCUT2D eigenvalue weighted by molar-refractivity contribution is -0.736. The minimum absolute atomic E-state index is 0.0233. The van der Waals surface area contributed by atoms with Crippen molar-refractivity contribution >= 4 is 29.1 Å². The smallest absolute Gasteiger partial charge is 0.338 e. The Kier molecular flexibility index (Phi) is 6.06. The summed E-state index contributed by atoms with van der Waals surface area (Å²) in [6.07, 6.45) is 1.36. The Morgan fingerprint density at radius 1 is 1.27 bits per heavy atom. The number of rotatable bonds is 5. The van der Waals surface area contributed by atoms with Gasteiger partial charge in [-0.25, -0.2) is 23.4 Å². The van der Waals surface area contributed by atoms with Crippen molar-refractivity contribution in [3.8, 4) is 0 Å². The van der Waals surface area contributed by atoms with E-state index >= 15 is 0 Å². The number of ether oxygens (including phenoxy) is 1. The molecule has 11 heteroatoms. The van der Waals surface area contributed by atoms with Crippen molar-refractivity contribution in [3.63, 3.8) is 0 Å². The van der Waals surface area contributed by atoms with Gasteiger partial charge in [0.05, 0.1) is 17.6 Å². The van der Waals surface area contributed by atoms with Crippen molar-refractivity contribution in [1.82, 2.24) is 10.3 Å². The van der Waals surface area contributed by atoms with E-state index in [2.05, 4.69) is 20.1 Å². The summed E-state index contributed by atoms with van der Waals surface area (Å²) < 4.78 is 33.9. The first kappa shape index (κ1) is 21.3. The van der Waals surface area contributed by atoms with E-state index in [1.807, 2.05) is 0 Å². The molecule has 0 saturated heterocycles. The standard InChI is InChI=1S/C19H15ClF2N4O4/c1-9-15(19(27)29-2)16(25-18(24-9)17-12(21)5-4-6-23-17)10-7-14(26(28)30-3)11(20)8-13(10)22/h4-8,16H,1-3H3/p+1. The number of allylic oxidation sites excluding steroid dienone is 1. The fourth-order valence-corrected chi connectivity index (χ4v) is 3.18. The maximum Gasteiger partial charge on any atom is 0.338 e. The molecule has 2 aromatic rings. The third-order valence-corrected chi connectivity index (χ3v) is 4.66. The second-order valence-electron chi connectivity index (χ2n) is 6.13. The highest BCUT2D eigenvalue weighted by molar-refractivity contribution is 6.32. The summed E-state index contributed by atoms with van der Waals surface area (Å²) >= 11 is 5.94. The van der Waals surface area contributed by atoms with Crippen LogP contribution in [0.3, 0.4) is 0 Å². The lowest BCUT2D eigenvalue weighted by Gasteiger charge is -2.25. The van der Waals surface area contributed by atoms with Gasteiger partial charge < -0.3 is 10.1 Å². The average Bonchev–Trinajstić information content (AvgIpc) is 2.72. The Balaban J connectivity index is 2.24. The number of hydrogen-bond acceptors (Lipinski definition) is 7. The number of nitrogens with zero attached hydrogens (tertiary/aromatic N) is 3. The monoisotopic (exact) mass is 437 g/mol. The summed E-state index contributed by atoms with van der Waals surface area (Å²) in [5.41, 5.74) is -0.259. The van der Waals surface area contributed by atoms with Crippen molar-refractivity contribution in [2.24, 2.45) is 4.99 Å².